The van der Waals surface area contributed by atoms with Crippen LogP contribution < -0.4 is 0 Å². The van der Waals surface area contributed by atoms with Crippen molar-refractivity contribution in [2.45, 2.75) is 19.3 Å². The van der Waals surface area contributed by atoms with Gasteiger partial charge < -0.3 is 0 Å². The van der Waals surface area contributed by atoms with E-state index in [1.807, 2.05) is 12.1 Å². The van der Waals surface area contributed by atoms with Crippen molar-refractivity contribution in [2.24, 2.45) is 0 Å². The van der Waals surface area contributed by atoms with Crippen molar-refractivity contribution in [1.82, 2.24) is 0 Å². The maximum Gasteiger partial charge on any atom is 0.123 e. The zero-order valence-corrected chi connectivity index (χ0v) is 8.98. The highest BCUT2D eigenvalue weighted by Gasteiger charge is 1.94. The van der Waals surface area contributed by atoms with Crippen LogP contribution in [0.15, 0.2) is 35.3 Å². The second-order valence-electron chi connectivity index (χ2n) is 3.00. The van der Waals surface area contributed by atoms with E-state index in [0.29, 0.717) is 0 Å². The van der Waals surface area contributed by atoms with E-state index in [9.17, 15) is 4.39 Å². The Kier molecular flexibility index (Phi) is 4.16. The lowest BCUT2D eigenvalue weighted by Crippen LogP contribution is -1.85. The van der Waals surface area contributed by atoms with E-state index in [2.05, 4.69) is 22.5 Å². The lowest BCUT2D eigenvalue weighted by Gasteiger charge is -2.00. The van der Waals surface area contributed by atoms with Crippen LogP contribution in [-0.2, 0) is 6.42 Å². The lowest BCUT2D eigenvalue weighted by molar-refractivity contribution is 0.626. The highest BCUT2D eigenvalue weighted by atomic mass is 79.9. The van der Waals surface area contributed by atoms with E-state index >= 15 is 0 Å². The molecule has 0 aliphatic heterocycles. The molecule has 0 amide bonds. The normalized spacial score (nSPS) is 10.0. The van der Waals surface area contributed by atoms with E-state index in [-0.39, 0.29) is 5.82 Å². The summed E-state index contributed by atoms with van der Waals surface area (Å²) in [6, 6.07) is 6.65. The molecule has 0 aromatic heterocycles. The molecule has 2 heteroatoms. The van der Waals surface area contributed by atoms with Gasteiger partial charge in [-0.3, -0.25) is 0 Å². The number of hydrogen-bond donors (Lipinski definition) is 0. The summed E-state index contributed by atoms with van der Waals surface area (Å²) in [6.07, 6.45) is 3.00. The van der Waals surface area contributed by atoms with Gasteiger partial charge in [-0.05, 0) is 41.4 Å². The van der Waals surface area contributed by atoms with Crippen molar-refractivity contribution in [3.63, 3.8) is 0 Å². The Bertz CT molecular complexity index is 277. The molecule has 0 saturated carbocycles. The van der Waals surface area contributed by atoms with Crippen molar-refractivity contribution in [3.05, 3.63) is 46.7 Å². The molecule has 1 rings (SSSR count). The average molecular weight is 243 g/mol. The first-order chi connectivity index (χ1) is 6.18. The van der Waals surface area contributed by atoms with Gasteiger partial charge in [0.1, 0.15) is 5.82 Å². The Morgan fingerprint density at radius 2 is 1.92 bits per heavy atom. The smallest absolute Gasteiger partial charge is 0.123 e. The highest BCUT2D eigenvalue weighted by Crippen LogP contribution is 2.13. The highest BCUT2D eigenvalue weighted by molar-refractivity contribution is 9.11. The zero-order chi connectivity index (χ0) is 9.68. The minimum Gasteiger partial charge on any atom is -0.207 e. The van der Waals surface area contributed by atoms with Crippen LogP contribution in [0.25, 0.3) is 0 Å². The van der Waals surface area contributed by atoms with Crippen molar-refractivity contribution in [3.8, 4) is 0 Å². The average Bonchev–Trinajstić information content (AvgIpc) is 2.08. The fourth-order valence-electron chi connectivity index (χ4n) is 1.14. The lowest BCUT2D eigenvalue weighted by atomic mass is 10.1. The fraction of sp³-hybridized carbons (Fsp3) is 0.273. The molecule has 0 radical (unpaired) electrons. The predicted octanol–water partition coefficient (Wildman–Crippen LogP) is 4.06. The van der Waals surface area contributed by atoms with Gasteiger partial charge in [0.25, 0.3) is 0 Å². The number of rotatable bonds is 4. The summed E-state index contributed by atoms with van der Waals surface area (Å²) in [4.78, 5) is 0. The third-order valence-corrected chi connectivity index (χ3v) is 2.22. The topological polar surface area (TPSA) is 0 Å². The van der Waals surface area contributed by atoms with Crippen LogP contribution in [0.3, 0.4) is 0 Å². The molecule has 1 aromatic rings. The van der Waals surface area contributed by atoms with E-state index in [0.717, 1.165) is 23.7 Å². The second-order valence-corrected chi connectivity index (χ2v) is 4.12. The molecule has 70 valence electrons. The van der Waals surface area contributed by atoms with E-state index in [4.69, 9.17) is 0 Å². The van der Waals surface area contributed by atoms with E-state index in [1.54, 1.807) is 0 Å². The molecule has 0 saturated heterocycles. The molecule has 0 nitrogen and oxygen atoms in total. The molecular formula is C11H12BrF. The van der Waals surface area contributed by atoms with Crippen molar-refractivity contribution in [2.75, 3.05) is 0 Å². The molecule has 1 aromatic carbocycles. The van der Waals surface area contributed by atoms with Crippen molar-refractivity contribution >= 4 is 15.9 Å². The number of halogens is 2. The van der Waals surface area contributed by atoms with Gasteiger partial charge in [0.15, 0.2) is 0 Å². The van der Waals surface area contributed by atoms with Gasteiger partial charge in [-0.1, -0.05) is 34.6 Å². The Morgan fingerprint density at radius 3 is 2.46 bits per heavy atom. The Morgan fingerprint density at radius 1 is 1.31 bits per heavy atom. The minimum absolute atomic E-state index is 0.173. The fourth-order valence-corrected chi connectivity index (χ4v) is 1.42. The molecule has 13 heavy (non-hydrogen) atoms. The summed E-state index contributed by atoms with van der Waals surface area (Å²) < 4.78 is 13.5. The van der Waals surface area contributed by atoms with Gasteiger partial charge in [0, 0.05) is 0 Å². The molecule has 0 atom stereocenters. The van der Waals surface area contributed by atoms with E-state index in [1.165, 1.54) is 17.7 Å². The third-order valence-electron chi connectivity index (χ3n) is 1.83. The van der Waals surface area contributed by atoms with Crippen molar-refractivity contribution in [1.29, 1.82) is 0 Å². The summed E-state index contributed by atoms with van der Waals surface area (Å²) >= 11 is 3.31. The molecule has 0 heterocycles. The summed E-state index contributed by atoms with van der Waals surface area (Å²) in [5.74, 6) is -0.173. The summed E-state index contributed by atoms with van der Waals surface area (Å²) in [5, 5.41) is 0. The Labute approximate surface area is 86.6 Å². The Balaban J connectivity index is 2.37. The first kappa shape index (κ1) is 10.5. The molecule has 0 fully saturated rings. The molecular weight excluding hydrogens is 231 g/mol. The van der Waals surface area contributed by atoms with Crippen LogP contribution in [0.1, 0.15) is 18.4 Å². The largest absolute Gasteiger partial charge is 0.207 e. The maximum atomic E-state index is 12.5. The number of benzene rings is 1. The standard InChI is InChI=1S/C11H12BrF/c1-9(12)3-2-4-10-5-7-11(13)8-6-10/h5-8H,1-4H2. The molecule has 0 aliphatic carbocycles. The van der Waals surface area contributed by atoms with Crippen LogP contribution in [0.5, 0.6) is 0 Å². The van der Waals surface area contributed by atoms with Gasteiger partial charge in [-0.25, -0.2) is 4.39 Å². The third kappa shape index (κ3) is 4.23. The van der Waals surface area contributed by atoms with Crippen LogP contribution in [-0.4, -0.2) is 0 Å². The summed E-state index contributed by atoms with van der Waals surface area (Å²) in [6.45, 7) is 3.76. The zero-order valence-electron chi connectivity index (χ0n) is 7.39. The van der Waals surface area contributed by atoms with Crippen LogP contribution in [0.4, 0.5) is 4.39 Å². The van der Waals surface area contributed by atoms with Crippen LogP contribution in [0, 0.1) is 5.82 Å². The SMILES string of the molecule is C=C(Br)CCCc1ccc(F)cc1. The molecule has 0 N–H and O–H groups in total. The minimum atomic E-state index is -0.173. The Hall–Kier alpha value is -0.630. The quantitative estimate of drug-likeness (QED) is 0.748. The van der Waals surface area contributed by atoms with Crippen molar-refractivity contribution < 1.29 is 4.39 Å². The molecule has 0 aliphatic rings. The predicted molar refractivity (Wildman–Crippen MR) is 57.4 cm³/mol. The van der Waals surface area contributed by atoms with Crippen LogP contribution >= 0.6 is 15.9 Å². The number of allylic oxidation sites excluding steroid dienone is 1. The number of hydrogen-bond acceptors (Lipinski definition) is 0. The summed E-state index contributed by atoms with van der Waals surface area (Å²) in [7, 11) is 0. The molecule has 0 bridgehead atoms. The van der Waals surface area contributed by atoms with E-state index < -0.39 is 0 Å². The maximum absolute atomic E-state index is 12.5. The van der Waals surface area contributed by atoms with Crippen LogP contribution in [0.2, 0.25) is 0 Å². The van der Waals surface area contributed by atoms with Gasteiger partial charge in [0.2, 0.25) is 0 Å². The van der Waals surface area contributed by atoms with Gasteiger partial charge >= 0.3 is 0 Å². The number of aryl methyl sites for hydroxylation is 1. The first-order valence-corrected chi connectivity index (χ1v) is 5.05. The summed E-state index contributed by atoms with van der Waals surface area (Å²) in [5.41, 5.74) is 1.18. The first-order valence-electron chi connectivity index (χ1n) is 4.26. The molecule has 0 unspecified atom stereocenters. The van der Waals surface area contributed by atoms with Gasteiger partial charge in [-0.15, -0.1) is 0 Å². The molecule has 0 spiro atoms. The monoisotopic (exact) mass is 242 g/mol. The second kappa shape index (κ2) is 5.18. The van der Waals surface area contributed by atoms with Gasteiger partial charge in [-0.2, -0.15) is 0 Å². The van der Waals surface area contributed by atoms with Gasteiger partial charge in [0.05, 0.1) is 0 Å².